The summed E-state index contributed by atoms with van der Waals surface area (Å²) >= 11 is 0. The first-order valence-corrected chi connectivity index (χ1v) is 5.03. The lowest BCUT2D eigenvalue weighted by molar-refractivity contribution is 0.274. The average molecular weight is 193 g/mol. The first-order valence-electron chi connectivity index (χ1n) is 5.03. The van der Waals surface area contributed by atoms with Gasteiger partial charge in [0.15, 0.2) is 5.75 Å². The highest BCUT2D eigenvalue weighted by atomic mass is 16.5. The van der Waals surface area contributed by atoms with Gasteiger partial charge in [0.2, 0.25) is 0 Å². The molecule has 2 rings (SSSR count). The van der Waals surface area contributed by atoms with Crippen molar-refractivity contribution in [2.24, 2.45) is 0 Å². The molecule has 1 saturated carbocycles. The number of methoxy groups -OCH3 is 1. The quantitative estimate of drug-likeness (QED) is 0.734. The maximum absolute atomic E-state index is 5.78. The van der Waals surface area contributed by atoms with Crippen LogP contribution in [-0.2, 0) is 6.42 Å². The summed E-state index contributed by atoms with van der Waals surface area (Å²) in [7, 11) is 1.63. The Morgan fingerprint density at radius 1 is 1.50 bits per heavy atom. The van der Waals surface area contributed by atoms with Gasteiger partial charge in [0.25, 0.3) is 5.88 Å². The van der Waals surface area contributed by atoms with Crippen molar-refractivity contribution in [1.82, 2.24) is 4.98 Å². The zero-order valence-corrected chi connectivity index (χ0v) is 8.62. The predicted octanol–water partition coefficient (Wildman–Crippen LogP) is 2.19. The molecule has 0 N–H and O–H groups in total. The molecule has 1 aliphatic rings. The molecule has 0 aliphatic heterocycles. The largest absolute Gasteiger partial charge is 0.485 e. The summed E-state index contributed by atoms with van der Waals surface area (Å²) in [6, 6.07) is 1.99. The topological polar surface area (TPSA) is 31.4 Å². The molecule has 14 heavy (non-hydrogen) atoms. The van der Waals surface area contributed by atoms with Gasteiger partial charge in [-0.2, -0.15) is 0 Å². The molecule has 3 heteroatoms. The molecular formula is C11H15NO2. The Morgan fingerprint density at radius 3 is 2.86 bits per heavy atom. The molecule has 0 aromatic carbocycles. The molecule has 0 spiro atoms. The Kier molecular flexibility index (Phi) is 2.57. The summed E-state index contributed by atoms with van der Waals surface area (Å²) in [5.74, 6) is 1.44. The number of aromatic nitrogens is 1. The minimum atomic E-state index is 0.387. The summed E-state index contributed by atoms with van der Waals surface area (Å²) in [4.78, 5) is 4.14. The third kappa shape index (κ3) is 1.81. The van der Waals surface area contributed by atoms with Crippen molar-refractivity contribution >= 4 is 0 Å². The fourth-order valence-electron chi connectivity index (χ4n) is 1.37. The van der Waals surface area contributed by atoms with Crippen LogP contribution in [0.1, 0.15) is 25.3 Å². The number of nitrogens with zero attached hydrogens (tertiary/aromatic N) is 1. The Hall–Kier alpha value is -1.25. The molecule has 0 radical (unpaired) electrons. The second-order valence-electron chi connectivity index (χ2n) is 3.48. The molecule has 3 nitrogen and oxygen atoms in total. The first-order chi connectivity index (χ1) is 6.85. The second kappa shape index (κ2) is 3.86. The van der Waals surface area contributed by atoms with Gasteiger partial charge in [-0.05, 0) is 25.3 Å². The molecule has 1 aromatic heterocycles. The van der Waals surface area contributed by atoms with E-state index >= 15 is 0 Å². The molecule has 1 fully saturated rings. The van der Waals surface area contributed by atoms with Gasteiger partial charge in [-0.25, -0.2) is 4.98 Å². The Bertz CT molecular complexity index is 299. The van der Waals surface area contributed by atoms with Crippen molar-refractivity contribution in [3.05, 3.63) is 17.8 Å². The van der Waals surface area contributed by atoms with Crippen LogP contribution in [0, 0.1) is 0 Å². The third-order valence-electron chi connectivity index (χ3n) is 2.34. The average Bonchev–Trinajstić information content (AvgIpc) is 3.02. The Balaban J connectivity index is 2.29. The number of ether oxygens (including phenoxy) is 2. The lowest BCUT2D eigenvalue weighted by atomic mass is 10.2. The first kappa shape index (κ1) is 9.31. The number of aryl methyl sites for hydroxylation is 1. The van der Waals surface area contributed by atoms with E-state index in [1.807, 2.05) is 6.07 Å². The fourth-order valence-corrected chi connectivity index (χ4v) is 1.37. The van der Waals surface area contributed by atoms with Crippen LogP contribution in [0.4, 0.5) is 0 Å². The molecule has 0 saturated heterocycles. The van der Waals surface area contributed by atoms with Crippen LogP contribution in [0.15, 0.2) is 12.3 Å². The van der Waals surface area contributed by atoms with Crippen LogP contribution in [0.5, 0.6) is 11.6 Å². The van der Waals surface area contributed by atoms with E-state index < -0.39 is 0 Å². The van der Waals surface area contributed by atoms with E-state index in [4.69, 9.17) is 9.47 Å². The van der Waals surface area contributed by atoms with E-state index in [0.29, 0.717) is 12.0 Å². The summed E-state index contributed by atoms with van der Waals surface area (Å²) in [5.41, 5.74) is 1.17. The third-order valence-corrected chi connectivity index (χ3v) is 2.34. The fraction of sp³-hybridized carbons (Fsp3) is 0.545. The molecule has 0 atom stereocenters. The molecule has 1 heterocycles. The van der Waals surface area contributed by atoms with E-state index in [-0.39, 0.29) is 0 Å². The molecule has 76 valence electrons. The van der Waals surface area contributed by atoms with E-state index in [9.17, 15) is 0 Å². The lowest BCUT2D eigenvalue weighted by Gasteiger charge is -2.12. The van der Waals surface area contributed by atoms with Crippen molar-refractivity contribution < 1.29 is 9.47 Å². The van der Waals surface area contributed by atoms with E-state index in [2.05, 4.69) is 11.9 Å². The van der Waals surface area contributed by atoms with Crippen molar-refractivity contribution in [2.45, 2.75) is 32.3 Å². The second-order valence-corrected chi connectivity index (χ2v) is 3.48. The zero-order valence-electron chi connectivity index (χ0n) is 8.62. The van der Waals surface area contributed by atoms with Crippen molar-refractivity contribution in [3.63, 3.8) is 0 Å². The number of hydrogen-bond donors (Lipinski definition) is 0. The van der Waals surface area contributed by atoms with Gasteiger partial charge < -0.3 is 9.47 Å². The molecule has 0 unspecified atom stereocenters. The summed E-state index contributed by atoms with van der Waals surface area (Å²) in [6.07, 6.45) is 5.40. The Labute approximate surface area is 84.1 Å². The molecule has 1 aliphatic carbocycles. The molecule has 0 bridgehead atoms. The number of pyridine rings is 1. The standard InChI is InChI=1S/C11H15NO2/c1-3-8-6-7-12-11(13-2)10(8)14-9-4-5-9/h6-7,9H,3-5H2,1-2H3. The highest BCUT2D eigenvalue weighted by Gasteiger charge is 2.26. The monoisotopic (exact) mass is 193 g/mol. The minimum absolute atomic E-state index is 0.387. The van der Waals surface area contributed by atoms with Gasteiger partial charge in [-0.1, -0.05) is 6.92 Å². The number of hydrogen-bond acceptors (Lipinski definition) is 3. The van der Waals surface area contributed by atoms with Crippen LogP contribution in [0.25, 0.3) is 0 Å². The van der Waals surface area contributed by atoms with E-state index in [0.717, 1.165) is 25.0 Å². The highest BCUT2D eigenvalue weighted by molar-refractivity contribution is 5.41. The van der Waals surface area contributed by atoms with Crippen molar-refractivity contribution in [3.8, 4) is 11.6 Å². The van der Waals surface area contributed by atoms with Crippen LogP contribution < -0.4 is 9.47 Å². The van der Waals surface area contributed by atoms with Crippen LogP contribution >= 0.6 is 0 Å². The van der Waals surface area contributed by atoms with Crippen molar-refractivity contribution in [1.29, 1.82) is 0 Å². The van der Waals surface area contributed by atoms with Gasteiger partial charge >= 0.3 is 0 Å². The van der Waals surface area contributed by atoms with Crippen LogP contribution in [0.3, 0.4) is 0 Å². The minimum Gasteiger partial charge on any atom is -0.485 e. The summed E-state index contributed by atoms with van der Waals surface area (Å²) in [5, 5.41) is 0. The van der Waals surface area contributed by atoms with E-state index in [1.165, 1.54) is 5.56 Å². The van der Waals surface area contributed by atoms with Crippen LogP contribution in [0.2, 0.25) is 0 Å². The van der Waals surface area contributed by atoms with Gasteiger partial charge in [0.05, 0.1) is 13.2 Å². The highest BCUT2D eigenvalue weighted by Crippen LogP contribution is 2.34. The predicted molar refractivity (Wildman–Crippen MR) is 53.8 cm³/mol. The molecule has 0 amide bonds. The van der Waals surface area contributed by atoms with Crippen molar-refractivity contribution in [2.75, 3.05) is 7.11 Å². The van der Waals surface area contributed by atoms with Gasteiger partial charge in [-0.15, -0.1) is 0 Å². The zero-order chi connectivity index (χ0) is 9.97. The maximum atomic E-state index is 5.78. The van der Waals surface area contributed by atoms with Crippen LogP contribution in [-0.4, -0.2) is 18.2 Å². The van der Waals surface area contributed by atoms with Gasteiger partial charge in [0, 0.05) is 11.8 Å². The summed E-state index contributed by atoms with van der Waals surface area (Å²) < 4.78 is 11.0. The molecule has 1 aromatic rings. The summed E-state index contributed by atoms with van der Waals surface area (Å²) in [6.45, 7) is 2.11. The normalized spacial score (nSPS) is 15.3. The molecular weight excluding hydrogens is 178 g/mol. The van der Waals surface area contributed by atoms with Gasteiger partial charge in [-0.3, -0.25) is 0 Å². The van der Waals surface area contributed by atoms with Gasteiger partial charge in [0.1, 0.15) is 0 Å². The maximum Gasteiger partial charge on any atom is 0.257 e. The van der Waals surface area contributed by atoms with E-state index in [1.54, 1.807) is 13.3 Å². The SMILES string of the molecule is CCc1ccnc(OC)c1OC1CC1. The Morgan fingerprint density at radius 2 is 2.29 bits per heavy atom. The lowest BCUT2D eigenvalue weighted by Crippen LogP contribution is -2.03. The number of rotatable bonds is 4. The smallest absolute Gasteiger partial charge is 0.257 e.